The van der Waals surface area contributed by atoms with E-state index in [2.05, 4.69) is 13.8 Å². The van der Waals surface area contributed by atoms with E-state index in [-0.39, 0.29) is 11.8 Å². The molecular weight excluding hydrogens is 354 g/mol. The van der Waals surface area contributed by atoms with Crippen molar-refractivity contribution in [3.8, 4) is 0 Å². The van der Waals surface area contributed by atoms with Crippen LogP contribution < -0.4 is 0 Å². The van der Waals surface area contributed by atoms with Gasteiger partial charge in [0.1, 0.15) is 10.4 Å². The van der Waals surface area contributed by atoms with E-state index < -0.39 is 12.0 Å². The molecule has 1 saturated heterocycles. The van der Waals surface area contributed by atoms with Crippen molar-refractivity contribution in [2.75, 3.05) is 0 Å². The Labute approximate surface area is 158 Å². The lowest BCUT2D eigenvalue weighted by molar-refractivity contribution is -0.147. The van der Waals surface area contributed by atoms with Crippen LogP contribution in [0, 0.1) is 5.92 Å². The number of amides is 1. The summed E-state index contributed by atoms with van der Waals surface area (Å²) in [6.07, 6.45) is 2.43. The molecule has 1 aliphatic heterocycles. The molecule has 2 rings (SSSR count). The molecular formula is C19H23NO3S2. The van der Waals surface area contributed by atoms with E-state index in [9.17, 15) is 14.7 Å². The van der Waals surface area contributed by atoms with Gasteiger partial charge in [0.25, 0.3) is 5.91 Å². The third-order valence-corrected chi connectivity index (χ3v) is 5.77. The lowest BCUT2D eigenvalue weighted by Crippen LogP contribution is -2.47. The number of rotatable bonds is 6. The maximum atomic E-state index is 12.7. The van der Waals surface area contributed by atoms with E-state index in [4.69, 9.17) is 12.2 Å². The minimum absolute atomic E-state index is 0.176. The summed E-state index contributed by atoms with van der Waals surface area (Å²) in [7, 11) is 0. The molecule has 0 unspecified atom stereocenters. The molecule has 134 valence electrons. The van der Waals surface area contributed by atoms with Gasteiger partial charge in [-0.25, -0.2) is 4.79 Å². The second kappa shape index (κ2) is 8.15. The van der Waals surface area contributed by atoms with Gasteiger partial charge in [0, 0.05) is 0 Å². The van der Waals surface area contributed by atoms with Gasteiger partial charge in [-0.3, -0.25) is 9.69 Å². The molecule has 6 heteroatoms. The summed E-state index contributed by atoms with van der Waals surface area (Å²) >= 11 is 6.46. The summed E-state index contributed by atoms with van der Waals surface area (Å²) in [4.78, 5) is 26.1. The van der Waals surface area contributed by atoms with E-state index in [1.807, 2.05) is 38.1 Å². The first-order valence-corrected chi connectivity index (χ1v) is 9.58. The van der Waals surface area contributed by atoms with Crippen LogP contribution in [0.2, 0.25) is 0 Å². The van der Waals surface area contributed by atoms with Crippen LogP contribution in [0.5, 0.6) is 0 Å². The molecule has 4 nitrogen and oxygen atoms in total. The number of carboxylic acid groups (broad SMARTS) is 1. The summed E-state index contributed by atoms with van der Waals surface area (Å²) in [5.74, 6) is -1.08. The molecule has 2 atom stereocenters. The molecule has 0 spiro atoms. The molecule has 0 aliphatic carbocycles. The standard InChI is InChI=1S/C19H23NO3S2/c1-5-12(4)16(18(22)23)20-17(21)15(25-19(20)24)10-13-6-8-14(9-7-13)11(2)3/h6-12,16H,5H2,1-4H3,(H,22,23)/b15-10-/t12-,16+/m0/s1. The summed E-state index contributed by atoms with van der Waals surface area (Å²) in [5, 5.41) is 9.55. The minimum Gasteiger partial charge on any atom is -0.480 e. The Bertz CT molecular complexity index is 710. The lowest BCUT2D eigenvalue weighted by atomic mass is 9.98. The Morgan fingerprint density at radius 1 is 1.28 bits per heavy atom. The molecule has 0 bridgehead atoms. The van der Waals surface area contributed by atoms with Gasteiger partial charge in [0.15, 0.2) is 0 Å². The van der Waals surface area contributed by atoms with Crippen LogP contribution in [-0.2, 0) is 9.59 Å². The molecule has 0 radical (unpaired) electrons. The third kappa shape index (κ3) is 4.30. The Kier molecular flexibility index (Phi) is 6.41. The number of benzene rings is 1. The van der Waals surface area contributed by atoms with Crippen LogP contribution in [0.4, 0.5) is 0 Å². The molecule has 1 aromatic carbocycles. The van der Waals surface area contributed by atoms with Crippen molar-refractivity contribution in [1.82, 2.24) is 4.90 Å². The zero-order chi connectivity index (χ0) is 18.7. The van der Waals surface area contributed by atoms with E-state index in [0.29, 0.717) is 21.6 Å². The summed E-state index contributed by atoms with van der Waals surface area (Å²) in [6.45, 7) is 7.98. The Morgan fingerprint density at radius 2 is 1.88 bits per heavy atom. The van der Waals surface area contributed by atoms with Crippen molar-refractivity contribution in [3.05, 3.63) is 40.3 Å². The number of nitrogens with zero attached hydrogens (tertiary/aromatic N) is 1. The van der Waals surface area contributed by atoms with Crippen LogP contribution in [0.15, 0.2) is 29.2 Å². The SMILES string of the molecule is CC[C@H](C)[C@H](C(=O)O)N1C(=O)/C(=C/c2ccc(C(C)C)cc2)SC1=S. The monoisotopic (exact) mass is 377 g/mol. The first-order valence-electron chi connectivity index (χ1n) is 8.36. The summed E-state index contributed by atoms with van der Waals surface area (Å²) < 4.78 is 0.308. The zero-order valence-electron chi connectivity index (χ0n) is 14.9. The number of carbonyl (C=O) groups is 2. The maximum Gasteiger partial charge on any atom is 0.327 e. The topological polar surface area (TPSA) is 57.6 Å². The van der Waals surface area contributed by atoms with Gasteiger partial charge in [-0.1, -0.05) is 82.4 Å². The van der Waals surface area contributed by atoms with E-state index in [1.54, 1.807) is 6.08 Å². The van der Waals surface area contributed by atoms with Gasteiger partial charge in [-0.05, 0) is 29.0 Å². The van der Waals surface area contributed by atoms with Crippen molar-refractivity contribution >= 4 is 46.3 Å². The number of thioether (sulfide) groups is 1. The highest BCUT2D eigenvalue weighted by atomic mass is 32.2. The van der Waals surface area contributed by atoms with E-state index in [0.717, 1.165) is 5.56 Å². The average Bonchev–Trinajstić information content (AvgIpc) is 2.82. The number of hydrogen-bond donors (Lipinski definition) is 1. The fourth-order valence-corrected chi connectivity index (χ4v) is 4.01. The third-order valence-electron chi connectivity index (χ3n) is 4.44. The molecule has 1 heterocycles. The summed E-state index contributed by atoms with van der Waals surface area (Å²) in [5.41, 5.74) is 2.13. The van der Waals surface area contributed by atoms with Gasteiger partial charge in [-0.15, -0.1) is 0 Å². The number of hydrogen-bond acceptors (Lipinski definition) is 4. The normalized spacial score (nSPS) is 18.9. The predicted molar refractivity (Wildman–Crippen MR) is 106 cm³/mol. The zero-order valence-corrected chi connectivity index (χ0v) is 16.5. The molecule has 1 aliphatic rings. The minimum atomic E-state index is -1.02. The van der Waals surface area contributed by atoms with Crippen molar-refractivity contribution < 1.29 is 14.7 Å². The van der Waals surface area contributed by atoms with Crippen LogP contribution in [0.3, 0.4) is 0 Å². The Morgan fingerprint density at radius 3 is 2.36 bits per heavy atom. The van der Waals surface area contributed by atoms with Crippen molar-refractivity contribution in [2.45, 2.75) is 46.1 Å². The quantitative estimate of drug-likeness (QED) is 0.584. The molecule has 0 saturated carbocycles. The first-order chi connectivity index (χ1) is 11.8. The number of thiocarbonyl (C=S) groups is 1. The number of carboxylic acids is 1. The van der Waals surface area contributed by atoms with Crippen LogP contribution in [-0.4, -0.2) is 32.2 Å². The fourth-order valence-electron chi connectivity index (χ4n) is 2.68. The average molecular weight is 378 g/mol. The van der Waals surface area contributed by atoms with Gasteiger partial charge in [0.05, 0.1) is 4.91 Å². The predicted octanol–water partition coefficient (Wildman–Crippen LogP) is 4.51. The molecule has 25 heavy (non-hydrogen) atoms. The molecule has 1 amide bonds. The number of carbonyl (C=O) groups excluding carboxylic acids is 1. The summed E-state index contributed by atoms with van der Waals surface area (Å²) in [6, 6.07) is 7.08. The van der Waals surface area contributed by atoms with Crippen LogP contribution >= 0.6 is 24.0 Å². The van der Waals surface area contributed by atoms with Gasteiger partial charge in [-0.2, -0.15) is 0 Å². The largest absolute Gasteiger partial charge is 0.480 e. The highest BCUT2D eigenvalue weighted by molar-refractivity contribution is 8.26. The Balaban J connectivity index is 2.29. The van der Waals surface area contributed by atoms with Crippen molar-refractivity contribution in [2.24, 2.45) is 5.92 Å². The smallest absolute Gasteiger partial charge is 0.327 e. The maximum absolute atomic E-state index is 12.7. The van der Waals surface area contributed by atoms with Gasteiger partial charge in [0.2, 0.25) is 0 Å². The molecule has 0 aromatic heterocycles. The van der Waals surface area contributed by atoms with Crippen LogP contribution in [0.25, 0.3) is 6.08 Å². The highest BCUT2D eigenvalue weighted by Gasteiger charge is 2.42. The molecule has 1 aromatic rings. The van der Waals surface area contributed by atoms with Crippen LogP contribution in [0.1, 0.15) is 51.2 Å². The first kappa shape index (κ1) is 19.7. The highest BCUT2D eigenvalue weighted by Crippen LogP contribution is 2.36. The lowest BCUT2D eigenvalue weighted by Gasteiger charge is -2.27. The molecule has 1 N–H and O–H groups in total. The number of aliphatic carboxylic acids is 1. The van der Waals surface area contributed by atoms with E-state index in [1.165, 1.54) is 22.2 Å². The second-order valence-corrected chi connectivity index (χ2v) is 8.22. The fraction of sp³-hybridized carbons (Fsp3) is 0.421. The van der Waals surface area contributed by atoms with E-state index >= 15 is 0 Å². The molecule has 1 fully saturated rings. The second-order valence-electron chi connectivity index (χ2n) is 6.54. The Hall–Kier alpha value is -1.66. The van der Waals surface area contributed by atoms with Gasteiger partial charge >= 0.3 is 5.97 Å². The van der Waals surface area contributed by atoms with Crippen molar-refractivity contribution in [3.63, 3.8) is 0 Å². The van der Waals surface area contributed by atoms with Gasteiger partial charge < -0.3 is 5.11 Å². The van der Waals surface area contributed by atoms with Crippen molar-refractivity contribution in [1.29, 1.82) is 0 Å².